The van der Waals surface area contributed by atoms with Crippen LogP contribution in [-0.4, -0.2) is 31.6 Å². The van der Waals surface area contributed by atoms with Gasteiger partial charge in [-0.05, 0) is 41.8 Å². The average molecular weight is 536 g/mol. The number of imidazole rings is 1. The quantitative estimate of drug-likeness (QED) is 0.236. The van der Waals surface area contributed by atoms with E-state index in [1.165, 1.54) is 29.8 Å². The Kier molecular flexibility index (Phi) is 7.48. The number of aromatic nitrogens is 4. The van der Waals surface area contributed by atoms with Gasteiger partial charge in [0.25, 0.3) is 5.56 Å². The lowest BCUT2D eigenvalue weighted by Crippen LogP contribution is -2.39. The first kappa shape index (κ1) is 26.1. The molecule has 9 nitrogen and oxygen atoms in total. The van der Waals surface area contributed by atoms with Crippen LogP contribution in [0.25, 0.3) is 11.2 Å². The molecule has 0 unspecified atom stereocenters. The van der Waals surface area contributed by atoms with E-state index < -0.39 is 17.6 Å². The smallest absolute Gasteiger partial charge is 0.406 e. The van der Waals surface area contributed by atoms with Gasteiger partial charge in [0.15, 0.2) is 11.2 Å². The minimum absolute atomic E-state index is 0.00846. The number of nitroso groups, excluding NO2 is 1. The van der Waals surface area contributed by atoms with Crippen molar-refractivity contribution in [2.45, 2.75) is 32.3 Å². The Bertz CT molecular complexity index is 1560. The number of benzene rings is 2. The Balaban J connectivity index is 1.86. The van der Waals surface area contributed by atoms with E-state index in [1.807, 2.05) is 0 Å². The normalized spacial score (nSPS) is 11.7. The van der Waals surface area contributed by atoms with Crippen molar-refractivity contribution in [3.05, 3.63) is 96.3 Å². The zero-order valence-corrected chi connectivity index (χ0v) is 20.3. The van der Waals surface area contributed by atoms with Crippen LogP contribution in [0.1, 0.15) is 23.4 Å². The van der Waals surface area contributed by atoms with Crippen LogP contribution in [0.3, 0.4) is 0 Å². The third-order valence-corrected chi connectivity index (χ3v) is 5.94. The largest absolute Gasteiger partial charge is 0.573 e. The Morgan fingerprint density at radius 2 is 1.78 bits per heavy atom. The molecule has 2 heterocycles. The van der Waals surface area contributed by atoms with Crippen LogP contribution in [-0.2, 0) is 26.6 Å². The predicted molar refractivity (Wildman–Crippen MR) is 131 cm³/mol. The molecule has 0 N–H and O–H groups in total. The van der Waals surface area contributed by atoms with Crippen LogP contribution >= 0.6 is 11.6 Å². The number of aryl methyl sites for hydroxylation is 1. The van der Waals surface area contributed by atoms with Gasteiger partial charge in [-0.3, -0.25) is 13.9 Å². The second-order valence-corrected chi connectivity index (χ2v) is 8.73. The standard InChI is InChI=1S/C24H21ClF3N5O4/c1-31-21-20(22(34)32(23(31)35)11-3-10-29-36)33(14-15-6-8-17(25)9-7-15)19(30-21)13-16-4-2-5-18(12-16)37-24(26,27)28/h2,4-9,12H,3,10-11,13-14H2,1H3. The molecule has 194 valence electrons. The van der Waals surface area contributed by atoms with Crippen LogP contribution in [0.15, 0.2) is 63.3 Å². The molecule has 2 aromatic heterocycles. The molecule has 37 heavy (non-hydrogen) atoms. The van der Waals surface area contributed by atoms with Gasteiger partial charge >= 0.3 is 12.1 Å². The van der Waals surface area contributed by atoms with Crippen molar-refractivity contribution >= 4 is 22.8 Å². The molecule has 0 radical (unpaired) electrons. The molecule has 0 atom stereocenters. The number of alkyl halides is 3. The van der Waals surface area contributed by atoms with Gasteiger partial charge in [0, 0.05) is 31.6 Å². The highest BCUT2D eigenvalue weighted by molar-refractivity contribution is 6.30. The predicted octanol–water partition coefficient (Wildman–Crippen LogP) is 4.24. The Morgan fingerprint density at radius 3 is 2.46 bits per heavy atom. The summed E-state index contributed by atoms with van der Waals surface area (Å²) in [4.78, 5) is 41.4. The minimum atomic E-state index is -4.84. The maximum atomic E-state index is 13.5. The Morgan fingerprint density at radius 1 is 1.05 bits per heavy atom. The zero-order valence-electron chi connectivity index (χ0n) is 19.5. The second kappa shape index (κ2) is 10.6. The lowest BCUT2D eigenvalue weighted by atomic mass is 10.1. The fourth-order valence-corrected chi connectivity index (χ4v) is 4.15. The number of rotatable bonds is 9. The molecule has 0 amide bonds. The lowest BCUT2D eigenvalue weighted by molar-refractivity contribution is -0.274. The lowest BCUT2D eigenvalue weighted by Gasteiger charge is -2.12. The molecule has 4 aromatic rings. The van der Waals surface area contributed by atoms with E-state index in [4.69, 9.17) is 11.6 Å². The molecule has 0 aliphatic carbocycles. The van der Waals surface area contributed by atoms with E-state index in [2.05, 4.69) is 14.9 Å². The highest BCUT2D eigenvalue weighted by Crippen LogP contribution is 2.25. The van der Waals surface area contributed by atoms with Crippen molar-refractivity contribution in [2.75, 3.05) is 6.54 Å². The summed E-state index contributed by atoms with van der Waals surface area (Å²) in [6.07, 6.45) is -4.59. The second-order valence-electron chi connectivity index (χ2n) is 8.29. The molecule has 0 saturated heterocycles. The molecule has 0 bridgehead atoms. The fraction of sp³-hybridized carbons (Fsp3) is 0.292. The number of ether oxygens (including phenoxy) is 1. The van der Waals surface area contributed by atoms with Gasteiger partial charge in [-0.25, -0.2) is 9.78 Å². The van der Waals surface area contributed by atoms with Gasteiger partial charge in [0.1, 0.15) is 11.6 Å². The number of hydrogen-bond donors (Lipinski definition) is 0. The van der Waals surface area contributed by atoms with Crippen LogP contribution in [0.4, 0.5) is 13.2 Å². The highest BCUT2D eigenvalue weighted by Gasteiger charge is 2.31. The third-order valence-electron chi connectivity index (χ3n) is 5.69. The molecule has 0 saturated carbocycles. The molecule has 13 heteroatoms. The van der Waals surface area contributed by atoms with E-state index >= 15 is 0 Å². The van der Waals surface area contributed by atoms with Gasteiger partial charge in [0.2, 0.25) is 0 Å². The van der Waals surface area contributed by atoms with Crippen LogP contribution in [0.5, 0.6) is 5.75 Å². The minimum Gasteiger partial charge on any atom is -0.406 e. The summed E-state index contributed by atoms with van der Waals surface area (Å²) in [6, 6.07) is 12.4. The van der Waals surface area contributed by atoms with E-state index in [-0.39, 0.29) is 49.4 Å². The maximum absolute atomic E-state index is 13.5. The monoisotopic (exact) mass is 535 g/mol. The third kappa shape index (κ3) is 5.91. The fourth-order valence-electron chi connectivity index (χ4n) is 4.02. The van der Waals surface area contributed by atoms with Crippen molar-refractivity contribution in [3.63, 3.8) is 0 Å². The molecule has 0 aliphatic heterocycles. The van der Waals surface area contributed by atoms with E-state index in [9.17, 15) is 27.7 Å². The molecular formula is C24H21ClF3N5O4. The summed E-state index contributed by atoms with van der Waals surface area (Å²) >= 11 is 6.00. The van der Waals surface area contributed by atoms with Gasteiger partial charge in [-0.1, -0.05) is 41.0 Å². The summed E-state index contributed by atoms with van der Waals surface area (Å²) in [5.74, 6) is -0.0302. The van der Waals surface area contributed by atoms with Gasteiger partial charge in [0.05, 0.1) is 6.54 Å². The van der Waals surface area contributed by atoms with Gasteiger partial charge in [-0.2, -0.15) is 4.91 Å². The Hall–Kier alpha value is -3.93. The first-order valence-electron chi connectivity index (χ1n) is 11.1. The first-order valence-corrected chi connectivity index (χ1v) is 11.5. The average Bonchev–Trinajstić information content (AvgIpc) is 3.18. The van der Waals surface area contributed by atoms with Gasteiger partial charge in [-0.15, -0.1) is 13.2 Å². The highest BCUT2D eigenvalue weighted by atomic mass is 35.5. The van der Waals surface area contributed by atoms with Crippen molar-refractivity contribution < 1.29 is 17.9 Å². The van der Waals surface area contributed by atoms with Crippen molar-refractivity contribution in [3.8, 4) is 5.75 Å². The summed E-state index contributed by atoms with van der Waals surface area (Å²) < 4.78 is 46.0. The Labute approximate surface area is 212 Å². The van der Waals surface area contributed by atoms with E-state index in [0.29, 0.717) is 16.4 Å². The van der Waals surface area contributed by atoms with Crippen LogP contribution < -0.4 is 16.0 Å². The van der Waals surface area contributed by atoms with E-state index in [1.54, 1.807) is 34.9 Å². The molecule has 0 aliphatic rings. The summed E-state index contributed by atoms with van der Waals surface area (Å²) in [6.45, 7) is 0.121. The number of halogens is 4. The number of fused-ring (bicyclic) bond motifs is 1. The molecule has 0 spiro atoms. The zero-order chi connectivity index (χ0) is 26.7. The number of hydrogen-bond acceptors (Lipinski definition) is 6. The number of nitrogens with zero attached hydrogens (tertiary/aromatic N) is 5. The van der Waals surface area contributed by atoms with Crippen molar-refractivity contribution in [2.24, 2.45) is 12.2 Å². The van der Waals surface area contributed by atoms with Crippen molar-refractivity contribution in [1.82, 2.24) is 18.7 Å². The van der Waals surface area contributed by atoms with Gasteiger partial charge < -0.3 is 9.30 Å². The topological polar surface area (TPSA) is 100 Å². The molecular weight excluding hydrogens is 515 g/mol. The molecule has 4 rings (SSSR count). The summed E-state index contributed by atoms with van der Waals surface area (Å²) in [7, 11) is 1.47. The van der Waals surface area contributed by atoms with E-state index in [0.717, 1.165) is 10.1 Å². The van der Waals surface area contributed by atoms with Crippen LogP contribution in [0.2, 0.25) is 5.02 Å². The molecule has 2 aromatic carbocycles. The molecule has 0 fully saturated rings. The summed E-state index contributed by atoms with van der Waals surface area (Å²) in [5.41, 5.74) is 0.318. The summed E-state index contributed by atoms with van der Waals surface area (Å²) in [5, 5.41) is 3.29. The first-order chi connectivity index (χ1) is 17.6. The van der Waals surface area contributed by atoms with Crippen LogP contribution in [0, 0.1) is 4.91 Å². The SMILES string of the molecule is Cn1c(=O)n(CCCN=O)c(=O)c2c1nc(Cc1cccc(OC(F)(F)F)c1)n2Cc1ccc(Cl)cc1. The van der Waals surface area contributed by atoms with Crippen molar-refractivity contribution in [1.29, 1.82) is 0 Å². The maximum Gasteiger partial charge on any atom is 0.573 e.